The molecule has 1 aromatic rings. The third kappa shape index (κ3) is 3.11. The van der Waals surface area contributed by atoms with Gasteiger partial charge in [-0.05, 0) is 30.5 Å². The van der Waals surface area contributed by atoms with Crippen LogP contribution in [0.2, 0.25) is 0 Å². The van der Waals surface area contributed by atoms with Crippen molar-refractivity contribution in [2.24, 2.45) is 0 Å². The van der Waals surface area contributed by atoms with E-state index in [4.69, 9.17) is 0 Å². The highest BCUT2D eigenvalue weighted by Gasteiger charge is 2.36. The van der Waals surface area contributed by atoms with Gasteiger partial charge in [0.25, 0.3) is 0 Å². The SMILES string of the molecule is OC(Cc1ccc(Br)cc1F)C1(O)CCCCC1. The van der Waals surface area contributed by atoms with E-state index in [0.717, 1.165) is 19.3 Å². The van der Waals surface area contributed by atoms with Crippen LogP contribution in [-0.2, 0) is 6.42 Å². The second-order valence-corrected chi connectivity index (χ2v) is 6.04. The summed E-state index contributed by atoms with van der Waals surface area (Å²) in [7, 11) is 0. The summed E-state index contributed by atoms with van der Waals surface area (Å²) >= 11 is 3.20. The lowest BCUT2D eigenvalue weighted by Gasteiger charge is -2.36. The second kappa shape index (κ2) is 5.68. The number of aliphatic hydroxyl groups excluding tert-OH is 1. The van der Waals surface area contributed by atoms with Crippen LogP contribution in [0, 0.1) is 5.82 Å². The molecule has 1 saturated carbocycles. The molecule has 1 atom stereocenters. The van der Waals surface area contributed by atoms with E-state index >= 15 is 0 Å². The van der Waals surface area contributed by atoms with Gasteiger partial charge in [0.2, 0.25) is 0 Å². The van der Waals surface area contributed by atoms with E-state index in [1.807, 2.05) is 0 Å². The Morgan fingerprint density at radius 2 is 1.94 bits per heavy atom. The predicted molar refractivity (Wildman–Crippen MR) is 71.8 cm³/mol. The van der Waals surface area contributed by atoms with Crippen LogP contribution >= 0.6 is 15.9 Å². The minimum Gasteiger partial charge on any atom is -0.390 e. The Morgan fingerprint density at radius 1 is 1.28 bits per heavy atom. The molecule has 2 nitrogen and oxygen atoms in total. The van der Waals surface area contributed by atoms with E-state index in [2.05, 4.69) is 15.9 Å². The molecule has 0 spiro atoms. The summed E-state index contributed by atoms with van der Waals surface area (Å²) in [4.78, 5) is 0. The Bertz CT molecular complexity index is 416. The number of hydrogen-bond donors (Lipinski definition) is 2. The fraction of sp³-hybridized carbons (Fsp3) is 0.571. The molecule has 0 bridgehead atoms. The first-order valence-electron chi connectivity index (χ1n) is 6.36. The van der Waals surface area contributed by atoms with Gasteiger partial charge in [-0.1, -0.05) is 41.3 Å². The van der Waals surface area contributed by atoms with Crippen molar-refractivity contribution in [3.05, 3.63) is 34.1 Å². The molecule has 1 fully saturated rings. The van der Waals surface area contributed by atoms with Gasteiger partial charge in [-0.25, -0.2) is 4.39 Å². The Balaban J connectivity index is 2.08. The van der Waals surface area contributed by atoms with Crippen LogP contribution in [-0.4, -0.2) is 21.9 Å². The molecular weight excluding hydrogens is 299 g/mol. The van der Waals surface area contributed by atoms with Crippen LogP contribution in [0.4, 0.5) is 4.39 Å². The summed E-state index contributed by atoms with van der Waals surface area (Å²) in [5.41, 5.74) is -0.595. The van der Waals surface area contributed by atoms with Crippen LogP contribution in [0.3, 0.4) is 0 Å². The Labute approximate surface area is 115 Å². The Morgan fingerprint density at radius 3 is 2.56 bits per heavy atom. The van der Waals surface area contributed by atoms with Crippen LogP contribution in [0.15, 0.2) is 22.7 Å². The first-order valence-corrected chi connectivity index (χ1v) is 7.15. The molecule has 1 aliphatic rings. The van der Waals surface area contributed by atoms with Crippen molar-refractivity contribution in [3.8, 4) is 0 Å². The van der Waals surface area contributed by atoms with Gasteiger partial charge in [0.05, 0.1) is 11.7 Å². The molecule has 0 saturated heterocycles. The van der Waals surface area contributed by atoms with Gasteiger partial charge in [-0.3, -0.25) is 0 Å². The zero-order valence-electron chi connectivity index (χ0n) is 10.2. The van der Waals surface area contributed by atoms with E-state index in [1.165, 1.54) is 6.07 Å². The summed E-state index contributed by atoms with van der Waals surface area (Å²) in [6.45, 7) is 0. The lowest BCUT2D eigenvalue weighted by atomic mass is 9.79. The number of rotatable bonds is 3. The summed E-state index contributed by atoms with van der Waals surface area (Å²) < 4.78 is 14.4. The summed E-state index contributed by atoms with van der Waals surface area (Å²) in [5.74, 6) is -0.345. The van der Waals surface area contributed by atoms with Crippen LogP contribution in [0.1, 0.15) is 37.7 Å². The normalized spacial score (nSPS) is 20.7. The fourth-order valence-corrected chi connectivity index (χ4v) is 2.92. The smallest absolute Gasteiger partial charge is 0.127 e. The largest absolute Gasteiger partial charge is 0.390 e. The maximum absolute atomic E-state index is 13.7. The van der Waals surface area contributed by atoms with Gasteiger partial charge in [-0.15, -0.1) is 0 Å². The molecule has 0 amide bonds. The summed E-state index contributed by atoms with van der Waals surface area (Å²) in [6.07, 6.45) is 3.43. The van der Waals surface area contributed by atoms with E-state index in [1.54, 1.807) is 12.1 Å². The molecule has 1 unspecified atom stereocenters. The topological polar surface area (TPSA) is 40.5 Å². The van der Waals surface area contributed by atoms with Crippen molar-refractivity contribution in [1.29, 1.82) is 0 Å². The number of benzene rings is 1. The van der Waals surface area contributed by atoms with Crippen LogP contribution in [0.5, 0.6) is 0 Å². The molecule has 18 heavy (non-hydrogen) atoms. The molecule has 0 radical (unpaired) electrons. The maximum Gasteiger partial charge on any atom is 0.127 e. The monoisotopic (exact) mass is 316 g/mol. The first kappa shape index (κ1) is 14.0. The molecule has 4 heteroatoms. The second-order valence-electron chi connectivity index (χ2n) is 5.12. The van der Waals surface area contributed by atoms with E-state index in [0.29, 0.717) is 22.9 Å². The Hall–Kier alpha value is -0.450. The van der Waals surface area contributed by atoms with Crippen molar-refractivity contribution in [1.82, 2.24) is 0 Å². The first-order chi connectivity index (χ1) is 8.51. The van der Waals surface area contributed by atoms with Crippen LogP contribution in [0.25, 0.3) is 0 Å². The van der Waals surface area contributed by atoms with Gasteiger partial charge >= 0.3 is 0 Å². The van der Waals surface area contributed by atoms with Gasteiger partial charge in [0.1, 0.15) is 5.82 Å². The minimum atomic E-state index is -1.04. The van der Waals surface area contributed by atoms with Crippen molar-refractivity contribution in [2.45, 2.75) is 50.2 Å². The molecule has 1 aromatic carbocycles. The van der Waals surface area contributed by atoms with E-state index < -0.39 is 11.7 Å². The van der Waals surface area contributed by atoms with E-state index in [-0.39, 0.29) is 12.2 Å². The van der Waals surface area contributed by atoms with Gasteiger partial charge < -0.3 is 10.2 Å². The predicted octanol–water partition coefficient (Wildman–Crippen LogP) is 3.19. The quantitative estimate of drug-likeness (QED) is 0.899. The fourth-order valence-electron chi connectivity index (χ4n) is 2.58. The highest BCUT2D eigenvalue weighted by Crippen LogP contribution is 2.32. The molecule has 0 aromatic heterocycles. The highest BCUT2D eigenvalue weighted by molar-refractivity contribution is 9.10. The van der Waals surface area contributed by atoms with E-state index in [9.17, 15) is 14.6 Å². The Kier molecular flexibility index (Phi) is 4.41. The van der Waals surface area contributed by atoms with Gasteiger partial charge in [-0.2, -0.15) is 0 Å². The van der Waals surface area contributed by atoms with Crippen molar-refractivity contribution in [3.63, 3.8) is 0 Å². The summed E-state index contributed by atoms with van der Waals surface area (Å²) in [6, 6.07) is 4.78. The number of aliphatic hydroxyl groups is 2. The van der Waals surface area contributed by atoms with Crippen molar-refractivity contribution >= 4 is 15.9 Å². The third-order valence-corrected chi connectivity index (χ3v) is 4.26. The lowest BCUT2D eigenvalue weighted by Crippen LogP contribution is -2.45. The molecule has 100 valence electrons. The maximum atomic E-state index is 13.7. The van der Waals surface area contributed by atoms with Crippen molar-refractivity contribution < 1.29 is 14.6 Å². The van der Waals surface area contributed by atoms with Gasteiger partial charge in [0, 0.05) is 10.9 Å². The minimum absolute atomic E-state index is 0.162. The number of halogens is 2. The molecule has 2 N–H and O–H groups in total. The molecule has 0 aliphatic heterocycles. The number of hydrogen-bond acceptors (Lipinski definition) is 2. The van der Waals surface area contributed by atoms with Gasteiger partial charge in [0.15, 0.2) is 0 Å². The zero-order chi connectivity index (χ0) is 13.2. The highest BCUT2D eigenvalue weighted by atomic mass is 79.9. The standard InChI is InChI=1S/C14H18BrFO2/c15-11-5-4-10(12(16)9-11)8-13(17)14(18)6-2-1-3-7-14/h4-5,9,13,17-18H,1-3,6-8H2. The molecule has 1 aliphatic carbocycles. The van der Waals surface area contributed by atoms with Crippen molar-refractivity contribution in [2.75, 3.05) is 0 Å². The zero-order valence-corrected chi connectivity index (χ0v) is 11.8. The average Bonchev–Trinajstić information content (AvgIpc) is 2.33. The summed E-state index contributed by atoms with van der Waals surface area (Å²) in [5, 5.41) is 20.5. The third-order valence-electron chi connectivity index (χ3n) is 3.77. The molecular formula is C14H18BrFO2. The molecule has 2 rings (SSSR count). The van der Waals surface area contributed by atoms with Crippen LogP contribution < -0.4 is 0 Å². The lowest BCUT2D eigenvalue weighted by molar-refractivity contribution is -0.0962. The molecule has 0 heterocycles. The average molecular weight is 317 g/mol.